The lowest BCUT2D eigenvalue weighted by atomic mass is 10.0. The summed E-state index contributed by atoms with van der Waals surface area (Å²) < 4.78 is 28.5. The third kappa shape index (κ3) is 3.63. The van der Waals surface area contributed by atoms with E-state index in [1.807, 2.05) is 17.0 Å². The lowest BCUT2D eigenvalue weighted by Gasteiger charge is -2.30. The summed E-state index contributed by atoms with van der Waals surface area (Å²) in [7, 11) is -3.73. The number of rotatable bonds is 4. The molecule has 0 bridgehead atoms. The van der Waals surface area contributed by atoms with Gasteiger partial charge in [-0.15, -0.1) is 0 Å². The van der Waals surface area contributed by atoms with Crippen molar-refractivity contribution >= 4 is 38.9 Å². The van der Waals surface area contributed by atoms with Crippen molar-refractivity contribution < 1.29 is 13.2 Å². The van der Waals surface area contributed by atoms with Crippen molar-refractivity contribution in [1.82, 2.24) is 0 Å². The van der Waals surface area contributed by atoms with Crippen molar-refractivity contribution in [3.8, 4) is 0 Å². The number of amides is 1. The number of fused-ring (bicyclic) bond motifs is 1. The van der Waals surface area contributed by atoms with Crippen LogP contribution in [0.5, 0.6) is 0 Å². The third-order valence-corrected chi connectivity index (χ3v) is 7.32. The van der Waals surface area contributed by atoms with Crippen molar-refractivity contribution in [2.24, 2.45) is 5.92 Å². The number of carbonyl (C=O) groups is 1. The highest BCUT2D eigenvalue weighted by atomic mass is 35.5. The van der Waals surface area contributed by atoms with Crippen LogP contribution in [0.1, 0.15) is 36.0 Å². The molecule has 0 saturated heterocycles. The van der Waals surface area contributed by atoms with Gasteiger partial charge in [0.1, 0.15) is 0 Å². The summed E-state index contributed by atoms with van der Waals surface area (Å²) in [6, 6.07) is 8.69. The minimum atomic E-state index is -3.73. The lowest BCUT2D eigenvalue weighted by Crippen LogP contribution is -2.36. The number of hydrogen-bond acceptors (Lipinski definition) is 3. The normalized spacial score (nSPS) is 16.6. The zero-order valence-corrected chi connectivity index (χ0v) is 17.5. The molecule has 1 fully saturated rings. The van der Waals surface area contributed by atoms with Crippen molar-refractivity contribution in [3.63, 3.8) is 0 Å². The average Bonchev–Trinajstić information content (AvgIpc) is 3.48. The molecule has 1 aliphatic carbocycles. The molecule has 1 N–H and O–H groups in total. The first-order valence-electron chi connectivity index (χ1n) is 9.50. The van der Waals surface area contributed by atoms with Gasteiger partial charge in [-0.2, -0.15) is 0 Å². The van der Waals surface area contributed by atoms with Crippen LogP contribution in [0, 0.1) is 19.8 Å². The number of halogens is 1. The Morgan fingerprint density at radius 1 is 1.14 bits per heavy atom. The summed E-state index contributed by atoms with van der Waals surface area (Å²) in [4.78, 5) is 14.6. The van der Waals surface area contributed by atoms with Crippen LogP contribution >= 0.6 is 11.6 Å². The minimum Gasteiger partial charge on any atom is -0.312 e. The fourth-order valence-corrected chi connectivity index (χ4v) is 5.27. The molecular formula is C21H23ClN2O3S. The number of hydrogen-bond donors (Lipinski definition) is 1. The minimum absolute atomic E-state index is 0.167. The van der Waals surface area contributed by atoms with Gasteiger partial charge in [-0.25, -0.2) is 8.42 Å². The number of aryl methyl sites for hydroxylation is 3. The second kappa shape index (κ2) is 7.08. The molecule has 1 heterocycles. The number of nitrogens with zero attached hydrogens (tertiary/aromatic N) is 1. The van der Waals surface area contributed by atoms with Crippen molar-refractivity contribution in [2.75, 3.05) is 16.2 Å². The molecule has 4 rings (SSSR count). The maximum atomic E-state index is 12.9. The van der Waals surface area contributed by atoms with E-state index in [0.29, 0.717) is 21.8 Å². The van der Waals surface area contributed by atoms with Crippen LogP contribution in [0.4, 0.5) is 11.4 Å². The predicted molar refractivity (Wildman–Crippen MR) is 112 cm³/mol. The zero-order chi connectivity index (χ0) is 20.1. The van der Waals surface area contributed by atoms with Crippen LogP contribution < -0.4 is 9.62 Å². The largest absolute Gasteiger partial charge is 0.312 e. The van der Waals surface area contributed by atoms with Gasteiger partial charge in [-0.1, -0.05) is 11.6 Å². The molecule has 148 valence electrons. The van der Waals surface area contributed by atoms with Crippen LogP contribution in [0.15, 0.2) is 35.2 Å². The molecule has 7 heteroatoms. The zero-order valence-electron chi connectivity index (χ0n) is 16.0. The second-order valence-electron chi connectivity index (χ2n) is 7.68. The van der Waals surface area contributed by atoms with Crippen molar-refractivity contribution in [1.29, 1.82) is 0 Å². The van der Waals surface area contributed by atoms with E-state index in [1.165, 1.54) is 0 Å². The number of benzene rings is 2. The molecule has 0 aromatic heterocycles. The van der Waals surface area contributed by atoms with Crippen LogP contribution in [0.3, 0.4) is 0 Å². The molecule has 2 aromatic rings. The van der Waals surface area contributed by atoms with Crippen molar-refractivity contribution in [3.05, 3.63) is 52.0 Å². The van der Waals surface area contributed by atoms with Gasteiger partial charge in [-0.05, 0) is 86.6 Å². The van der Waals surface area contributed by atoms with E-state index < -0.39 is 10.0 Å². The molecular weight excluding hydrogens is 396 g/mol. The topological polar surface area (TPSA) is 66.5 Å². The Labute approximate surface area is 170 Å². The highest BCUT2D eigenvalue weighted by Gasteiger charge is 2.35. The average molecular weight is 419 g/mol. The molecule has 0 radical (unpaired) electrons. The molecule has 1 amide bonds. The fourth-order valence-electron chi connectivity index (χ4n) is 3.69. The summed E-state index contributed by atoms with van der Waals surface area (Å²) in [5.74, 6) is 0.363. The van der Waals surface area contributed by atoms with Gasteiger partial charge in [0.25, 0.3) is 10.0 Å². The summed E-state index contributed by atoms with van der Waals surface area (Å²) in [6.07, 6.45) is 3.67. The second-order valence-corrected chi connectivity index (χ2v) is 9.74. The van der Waals surface area contributed by atoms with Gasteiger partial charge in [0.15, 0.2) is 0 Å². The molecule has 0 unspecified atom stereocenters. The first-order valence-corrected chi connectivity index (χ1v) is 11.4. The standard InChI is InChI=1S/C21H23ClN2O3S/c1-13-11-20(14(2)10-18(13)22)28(26,27)23-17-7-8-19-16(12-17)4-3-9-24(19)21(25)15-5-6-15/h7-8,10-12,15,23H,3-6,9H2,1-2H3. The summed E-state index contributed by atoms with van der Waals surface area (Å²) >= 11 is 6.09. The third-order valence-electron chi connectivity index (χ3n) is 5.39. The summed E-state index contributed by atoms with van der Waals surface area (Å²) in [5.41, 5.74) is 3.73. The van der Waals surface area contributed by atoms with E-state index in [1.54, 1.807) is 32.0 Å². The van der Waals surface area contributed by atoms with Crippen LogP contribution in [0.2, 0.25) is 5.02 Å². The lowest BCUT2D eigenvalue weighted by molar-refractivity contribution is -0.119. The first kappa shape index (κ1) is 19.3. The quantitative estimate of drug-likeness (QED) is 0.797. The van der Waals surface area contributed by atoms with Gasteiger partial charge in [-0.3, -0.25) is 9.52 Å². The highest BCUT2D eigenvalue weighted by molar-refractivity contribution is 7.92. The number of anilines is 2. The summed E-state index contributed by atoms with van der Waals surface area (Å²) in [5, 5.41) is 0.547. The maximum absolute atomic E-state index is 12.9. The smallest absolute Gasteiger partial charge is 0.262 e. The maximum Gasteiger partial charge on any atom is 0.262 e. The fraction of sp³-hybridized carbons (Fsp3) is 0.381. The Balaban J connectivity index is 1.62. The molecule has 1 aliphatic heterocycles. The van der Waals surface area contributed by atoms with Crippen LogP contribution in [-0.2, 0) is 21.2 Å². The SMILES string of the molecule is Cc1cc(S(=O)(=O)Nc2ccc3c(c2)CCCN3C(=O)C2CC2)c(C)cc1Cl. The van der Waals surface area contributed by atoms with E-state index >= 15 is 0 Å². The Kier molecular flexibility index (Phi) is 4.88. The first-order chi connectivity index (χ1) is 13.3. The van der Waals surface area contributed by atoms with Crippen molar-refractivity contribution in [2.45, 2.75) is 44.4 Å². The van der Waals surface area contributed by atoms with Crippen LogP contribution in [0.25, 0.3) is 0 Å². The Hall–Kier alpha value is -2.05. The number of carbonyl (C=O) groups excluding carboxylic acids is 1. The number of nitrogens with one attached hydrogen (secondary N) is 1. The monoisotopic (exact) mass is 418 g/mol. The van der Waals surface area contributed by atoms with Gasteiger partial charge in [0.05, 0.1) is 4.90 Å². The molecule has 5 nitrogen and oxygen atoms in total. The highest BCUT2D eigenvalue weighted by Crippen LogP contribution is 2.37. The van der Waals surface area contributed by atoms with E-state index in [4.69, 9.17) is 11.6 Å². The van der Waals surface area contributed by atoms with E-state index in [-0.39, 0.29) is 16.7 Å². The van der Waals surface area contributed by atoms with Gasteiger partial charge in [0.2, 0.25) is 5.91 Å². The predicted octanol–water partition coefficient (Wildman–Crippen LogP) is 4.45. The van der Waals surface area contributed by atoms with Crippen LogP contribution in [-0.4, -0.2) is 20.9 Å². The molecule has 0 spiro atoms. The molecule has 2 aromatic carbocycles. The Bertz CT molecular complexity index is 1060. The summed E-state index contributed by atoms with van der Waals surface area (Å²) in [6.45, 7) is 4.25. The Morgan fingerprint density at radius 2 is 1.89 bits per heavy atom. The molecule has 28 heavy (non-hydrogen) atoms. The Morgan fingerprint density at radius 3 is 2.61 bits per heavy atom. The van der Waals surface area contributed by atoms with Gasteiger partial charge >= 0.3 is 0 Å². The molecule has 1 saturated carbocycles. The van der Waals surface area contributed by atoms with E-state index in [0.717, 1.165) is 43.5 Å². The number of sulfonamides is 1. The molecule has 2 aliphatic rings. The van der Waals surface area contributed by atoms with E-state index in [2.05, 4.69) is 4.72 Å². The molecule has 0 atom stereocenters. The van der Waals surface area contributed by atoms with E-state index in [9.17, 15) is 13.2 Å². The van der Waals surface area contributed by atoms with Gasteiger partial charge < -0.3 is 4.90 Å². The van der Waals surface area contributed by atoms with Gasteiger partial charge in [0, 0.05) is 28.9 Å².